The second-order valence-electron chi connectivity index (χ2n) is 38.0. The molecule has 0 saturated heterocycles. The molecule has 8 heterocycles. The molecule has 0 amide bonds. The van der Waals surface area contributed by atoms with Crippen molar-refractivity contribution >= 4 is 109 Å². The smallest absolute Gasteiger partial charge is 0.171 e. The van der Waals surface area contributed by atoms with Gasteiger partial charge in [0, 0.05) is 135 Å². The fourth-order valence-corrected chi connectivity index (χ4v) is 23.7. The van der Waals surface area contributed by atoms with Gasteiger partial charge in [-0.3, -0.25) is 39.9 Å². The van der Waals surface area contributed by atoms with Crippen LogP contribution in [0.2, 0.25) is 0 Å². The molecule has 0 atom stereocenters. The maximum atomic E-state index is 15.3. The lowest BCUT2D eigenvalue weighted by Crippen LogP contribution is -2.25. The van der Waals surface area contributed by atoms with Gasteiger partial charge in [0.25, 0.3) is 0 Å². The van der Waals surface area contributed by atoms with Crippen molar-refractivity contribution in [3.8, 4) is 145 Å². The predicted octanol–water partition coefficient (Wildman–Crippen LogP) is 34.1. The fourth-order valence-electron chi connectivity index (χ4n) is 21.0. The van der Waals surface area contributed by atoms with Crippen LogP contribution in [0.4, 0.5) is 0 Å². The first-order valence-electron chi connectivity index (χ1n) is 49.3. The maximum absolute atomic E-state index is 15.3. The Morgan fingerprint density at radius 3 is 0.979 bits per heavy atom. The first kappa shape index (κ1) is 90.0. The summed E-state index contributed by atoms with van der Waals surface area (Å²) in [6.45, 7) is 6.84. The van der Waals surface area contributed by atoms with Gasteiger partial charge in [-0.2, -0.15) is 0 Å². The minimum Gasteiger partial charge on any atom is -0.309 e. The molecule has 0 bridgehead atoms. The third kappa shape index (κ3) is 17.5. The molecule has 0 unspecified atom stereocenters. The number of aromatic nitrogens is 8. The van der Waals surface area contributed by atoms with Gasteiger partial charge in [-0.25, -0.2) is 0 Å². The Morgan fingerprint density at radius 1 is 0.171 bits per heavy atom. The van der Waals surface area contributed by atoms with E-state index < -0.39 is 7.14 Å². The quantitative estimate of drug-likeness (QED) is 0.0688. The van der Waals surface area contributed by atoms with Crippen LogP contribution in [0.1, 0.15) is 26.3 Å². The van der Waals surface area contributed by atoms with Crippen LogP contribution < -0.4 is 15.9 Å². The summed E-state index contributed by atoms with van der Waals surface area (Å²) in [7, 11) is -3.15. The molecule has 0 spiro atoms. The van der Waals surface area contributed by atoms with Crippen molar-refractivity contribution in [3.63, 3.8) is 0 Å². The van der Waals surface area contributed by atoms with E-state index in [2.05, 4.69) is 382 Å². The van der Waals surface area contributed by atoms with Gasteiger partial charge < -0.3 is 4.57 Å². The van der Waals surface area contributed by atoms with E-state index in [1.165, 1.54) is 104 Å². The molecule has 26 aromatic rings. The topological polar surface area (TPSA) is 120 Å². The van der Waals surface area contributed by atoms with Crippen LogP contribution in [0.25, 0.3) is 231 Å². The number of nitrogens with zero attached hydrogens (tertiary/aromatic N) is 8. The summed E-state index contributed by atoms with van der Waals surface area (Å²) in [5, 5.41) is 21.4. The molecule has 0 saturated carbocycles. The molecule has 0 aliphatic heterocycles. The van der Waals surface area contributed by atoms with Gasteiger partial charge in [0.05, 0.1) is 22.8 Å². The minimum atomic E-state index is -3.15. The van der Waals surface area contributed by atoms with E-state index in [9.17, 15) is 0 Å². The standard InChI is InChI=1S/C54H34N4.C42H29N2OP.C40H32N2/c1-3-9-37-27-43(15-13-35(37)7-1)53-47-19-17-40(42-22-26-58-52(32-42)46-12-6-24-56-34-46)30-50(47)54(44-16-14-36-8-2-4-10-38(36)28-44)48-20-18-39(29-49(48)53)41-21-25-57-51(31-41)45-11-5-23-55-33-45;45-46(32-15-3-1-4-16-32,33-17-5-2-6-18-33)34-19-13-14-30(28-34)41-35-20-7-9-22-37(35)42(38-23-10-8-21-36(38)41)40-26-25-31(29-44-40)39-24-11-12-27-43-39;1-40(2,3)33-18-19-36-37(22-33)39(32-21-30(24-42-26-32)28-14-8-5-9-15-28)35-17-11-10-16-34(35)38(36)31-20-29(23-41-25-31)27-12-6-4-7-13-27/h1-34H;1-29H;4-26H,1-3H3. The Morgan fingerprint density at radius 2 is 0.521 bits per heavy atom. The zero-order valence-corrected chi connectivity index (χ0v) is 81.5. The number of benzene rings is 18. The molecule has 10 heteroatoms. The van der Waals surface area contributed by atoms with Gasteiger partial charge in [0.2, 0.25) is 0 Å². The van der Waals surface area contributed by atoms with Crippen LogP contribution in [-0.4, -0.2) is 39.9 Å². The molecular formula is C136H95N8OP. The van der Waals surface area contributed by atoms with Crippen molar-refractivity contribution in [3.05, 3.63) is 529 Å². The largest absolute Gasteiger partial charge is 0.309 e. The summed E-state index contributed by atoms with van der Waals surface area (Å²) in [5.41, 5.74) is 29.6. The van der Waals surface area contributed by atoms with Crippen molar-refractivity contribution in [2.24, 2.45) is 0 Å². The molecular weight excluding hydrogens is 1790 g/mol. The van der Waals surface area contributed by atoms with Crippen molar-refractivity contribution in [1.29, 1.82) is 0 Å². The molecule has 0 radical (unpaired) electrons. The van der Waals surface area contributed by atoms with Crippen molar-refractivity contribution in [2.75, 3.05) is 0 Å². The summed E-state index contributed by atoms with van der Waals surface area (Å²) in [6.07, 6.45) is 22.7. The normalized spacial score (nSPS) is 11.6. The van der Waals surface area contributed by atoms with Crippen molar-refractivity contribution in [1.82, 2.24) is 39.9 Å². The van der Waals surface area contributed by atoms with E-state index in [0.717, 1.165) is 149 Å². The van der Waals surface area contributed by atoms with Gasteiger partial charge in [0.1, 0.15) is 0 Å². The highest BCUT2D eigenvalue weighted by Crippen LogP contribution is 2.52. The number of rotatable bonds is 16. The van der Waals surface area contributed by atoms with Crippen LogP contribution >= 0.6 is 7.14 Å². The second-order valence-corrected chi connectivity index (χ2v) is 40.8. The number of pyridine rings is 8. The van der Waals surface area contributed by atoms with Crippen molar-refractivity contribution in [2.45, 2.75) is 26.2 Å². The first-order chi connectivity index (χ1) is 71.9. The summed E-state index contributed by atoms with van der Waals surface area (Å²) >= 11 is 0. The number of hydrogen-bond acceptors (Lipinski definition) is 9. The van der Waals surface area contributed by atoms with E-state index >= 15 is 4.57 Å². The summed E-state index contributed by atoms with van der Waals surface area (Å²) in [6, 6.07) is 158. The highest BCUT2D eigenvalue weighted by Gasteiger charge is 2.32. The number of hydrogen-bond donors (Lipinski definition) is 0. The third-order valence-corrected chi connectivity index (χ3v) is 31.2. The monoisotopic (exact) mass is 1890 g/mol. The molecule has 0 aliphatic carbocycles. The number of fused-ring (bicyclic) bond motifs is 8. The van der Waals surface area contributed by atoms with Crippen LogP contribution in [0.5, 0.6) is 0 Å². The Bertz CT molecular complexity index is 9160. The van der Waals surface area contributed by atoms with E-state index in [0.29, 0.717) is 0 Å². The molecule has 26 rings (SSSR count). The van der Waals surface area contributed by atoms with Crippen LogP contribution in [-0.2, 0) is 9.98 Å². The SMILES string of the molecule is CC(C)(C)c1ccc2c(-c3cncc(-c4ccccc4)c3)c3ccccc3c(-c3cncc(-c4ccccc4)c3)c2c1.O=P(c1ccccc1)(c1ccccc1)c1cccc(-c2c3ccccc3c(-c3ccc(-c4ccccn4)cn3)c3ccccc23)c1.c1cncc(-c2cc(-c3ccc4c(-c5ccc6ccccc6c5)c5cc(-c6ccnc(-c7cccnc7)c6)ccc5c(-c5ccc6ccccc6c5)c4c3)ccn2)c1. The zero-order valence-electron chi connectivity index (χ0n) is 80.6. The van der Waals surface area contributed by atoms with Gasteiger partial charge >= 0.3 is 0 Å². The van der Waals surface area contributed by atoms with Crippen LogP contribution in [0, 0.1) is 0 Å². The summed E-state index contributed by atoms with van der Waals surface area (Å²) in [5.74, 6) is 0. The van der Waals surface area contributed by atoms with E-state index in [1.807, 2.05) is 159 Å². The molecule has 0 fully saturated rings. The predicted molar refractivity (Wildman–Crippen MR) is 610 cm³/mol. The summed E-state index contributed by atoms with van der Waals surface area (Å²) < 4.78 is 15.3. The Hall–Kier alpha value is -18.5. The highest BCUT2D eigenvalue weighted by molar-refractivity contribution is 7.85. The lowest BCUT2D eigenvalue weighted by molar-refractivity contribution is 0.591. The highest BCUT2D eigenvalue weighted by atomic mass is 31.2. The molecule has 18 aromatic carbocycles. The zero-order chi connectivity index (χ0) is 98.0. The van der Waals surface area contributed by atoms with Gasteiger partial charge in [0.15, 0.2) is 7.14 Å². The van der Waals surface area contributed by atoms with Crippen LogP contribution in [0.3, 0.4) is 0 Å². The van der Waals surface area contributed by atoms with Gasteiger partial charge in [-0.05, 0) is 296 Å². The average molecular weight is 1890 g/mol. The maximum Gasteiger partial charge on any atom is 0.171 e. The first-order valence-corrected chi connectivity index (χ1v) is 51.0. The fraction of sp³-hybridized carbons (Fsp3) is 0.0294. The second kappa shape index (κ2) is 39.2. The van der Waals surface area contributed by atoms with Crippen LogP contribution in [0.15, 0.2) is 523 Å². The van der Waals surface area contributed by atoms with E-state index in [-0.39, 0.29) is 5.41 Å². The molecule has 0 aliphatic rings. The van der Waals surface area contributed by atoms with Gasteiger partial charge in [-0.15, -0.1) is 0 Å². The average Bonchev–Trinajstić information content (AvgIpc) is 0.723. The third-order valence-electron chi connectivity index (χ3n) is 28.1. The molecule has 146 heavy (non-hydrogen) atoms. The van der Waals surface area contributed by atoms with Gasteiger partial charge in [-0.1, -0.05) is 348 Å². The molecule has 9 nitrogen and oxygen atoms in total. The molecule has 8 aromatic heterocycles. The Balaban J connectivity index is 0.000000119. The summed E-state index contributed by atoms with van der Waals surface area (Å²) in [4.78, 5) is 37.1. The molecule has 690 valence electrons. The lowest BCUT2D eigenvalue weighted by Gasteiger charge is -2.23. The van der Waals surface area contributed by atoms with E-state index in [4.69, 9.17) is 24.9 Å². The Labute approximate surface area is 847 Å². The minimum absolute atomic E-state index is 0.0101. The lowest BCUT2D eigenvalue weighted by atomic mass is 9.81. The van der Waals surface area contributed by atoms with Crippen molar-refractivity contribution < 1.29 is 4.57 Å². The molecule has 0 N–H and O–H groups in total. The Kier molecular flexibility index (Phi) is 24.2. The van der Waals surface area contributed by atoms with E-state index in [1.54, 1.807) is 18.6 Å².